The molecule has 0 spiro atoms. The number of benzene rings is 2. The number of para-hydroxylation sites is 1. The Morgan fingerprint density at radius 3 is 1.83 bits per heavy atom. The summed E-state index contributed by atoms with van der Waals surface area (Å²) in [6, 6.07) is 20.5. The Balaban J connectivity index is 0.000000196. The second-order valence-corrected chi connectivity index (χ2v) is 6.50. The van der Waals surface area contributed by atoms with Gasteiger partial charge in [0.1, 0.15) is 0 Å². The maximum Gasteiger partial charge on any atom is 0.0313 e. The Bertz CT molecular complexity index is 545. The Hall–Kier alpha value is -1.80. The average Bonchev–Trinajstić information content (AvgIpc) is 2.66. The summed E-state index contributed by atoms with van der Waals surface area (Å²) >= 11 is 0. The third-order valence-electron chi connectivity index (χ3n) is 4.93. The molecular weight excluding hydrogens is 292 g/mol. The lowest BCUT2D eigenvalue weighted by atomic mass is 9.76. The molecule has 5 rings (SSSR count). The quantitative estimate of drug-likeness (QED) is 0.799. The lowest BCUT2D eigenvalue weighted by Gasteiger charge is -2.45. The topological polar surface area (TPSA) is 29.3 Å². The van der Waals surface area contributed by atoms with Crippen molar-refractivity contribution in [2.75, 3.05) is 25.4 Å². The first kappa shape index (κ1) is 18.5. The molecule has 0 aliphatic carbocycles. The van der Waals surface area contributed by atoms with Crippen LogP contribution in [0.4, 0.5) is 5.69 Å². The minimum Gasteiger partial charge on any atom is -0.399 e. The number of anilines is 1. The minimum absolute atomic E-state index is 0.822. The first-order valence-corrected chi connectivity index (χ1v) is 9.38. The largest absolute Gasteiger partial charge is 0.399 e. The fourth-order valence-corrected chi connectivity index (χ4v) is 3.69. The standard InChI is InChI=1S/C14H19N.C6H7N.C2H6/c1-2-4-12(5-3-1)10-14-11-15-8-6-13(14)7-9-15;7-6-4-2-1-3-5-6;1-2/h1-5,13-14H,6-11H2;1-5H,7H2;1-2H3/t14-;;/m0../s1. The predicted molar refractivity (Wildman–Crippen MR) is 105 cm³/mol. The van der Waals surface area contributed by atoms with Crippen molar-refractivity contribution in [2.24, 2.45) is 11.8 Å². The highest BCUT2D eigenvalue weighted by molar-refractivity contribution is 5.35. The highest BCUT2D eigenvalue weighted by Crippen LogP contribution is 2.34. The van der Waals surface area contributed by atoms with E-state index in [1.807, 2.05) is 44.2 Å². The Kier molecular flexibility index (Phi) is 7.84. The first-order valence-electron chi connectivity index (χ1n) is 9.38. The molecule has 2 aromatic rings. The number of piperidine rings is 3. The summed E-state index contributed by atoms with van der Waals surface area (Å²) in [5, 5.41) is 0. The van der Waals surface area contributed by atoms with E-state index in [1.165, 1.54) is 44.5 Å². The van der Waals surface area contributed by atoms with Crippen LogP contribution >= 0.6 is 0 Å². The van der Waals surface area contributed by atoms with Crippen LogP contribution in [-0.4, -0.2) is 24.5 Å². The van der Waals surface area contributed by atoms with Crippen LogP contribution in [0.15, 0.2) is 60.7 Å². The second kappa shape index (κ2) is 10.1. The molecule has 3 aliphatic rings. The fourth-order valence-electron chi connectivity index (χ4n) is 3.69. The first-order chi connectivity index (χ1) is 11.8. The second-order valence-electron chi connectivity index (χ2n) is 6.50. The van der Waals surface area contributed by atoms with Gasteiger partial charge < -0.3 is 10.6 Å². The molecule has 24 heavy (non-hydrogen) atoms. The van der Waals surface area contributed by atoms with Gasteiger partial charge in [-0.05, 0) is 61.9 Å². The molecule has 2 N–H and O–H groups in total. The van der Waals surface area contributed by atoms with Gasteiger partial charge in [-0.1, -0.05) is 62.4 Å². The summed E-state index contributed by atoms with van der Waals surface area (Å²) < 4.78 is 0. The van der Waals surface area contributed by atoms with Crippen molar-refractivity contribution in [3.63, 3.8) is 0 Å². The lowest BCUT2D eigenvalue weighted by Crippen LogP contribution is -2.48. The molecule has 2 nitrogen and oxygen atoms in total. The molecule has 3 fully saturated rings. The van der Waals surface area contributed by atoms with Crippen molar-refractivity contribution in [3.05, 3.63) is 66.2 Å². The van der Waals surface area contributed by atoms with Crippen molar-refractivity contribution in [2.45, 2.75) is 33.1 Å². The van der Waals surface area contributed by atoms with Gasteiger partial charge >= 0.3 is 0 Å². The molecule has 3 saturated heterocycles. The highest BCUT2D eigenvalue weighted by Gasteiger charge is 2.33. The van der Waals surface area contributed by atoms with E-state index in [1.54, 1.807) is 0 Å². The summed E-state index contributed by atoms with van der Waals surface area (Å²) in [7, 11) is 0. The highest BCUT2D eigenvalue weighted by atomic mass is 15.1. The molecule has 3 heterocycles. The SMILES string of the molecule is CC.Nc1ccccc1.c1ccc(C[C@H]2CN3CCC2CC3)cc1. The molecule has 2 bridgehead atoms. The summed E-state index contributed by atoms with van der Waals surface area (Å²) in [4.78, 5) is 2.65. The molecule has 0 amide bonds. The van der Waals surface area contributed by atoms with E-state index in [0.717, 1.165) is 17.5 Å². The Morgan fingerprint density at radius 1 is 0.875 bits per heavy atom. The van der Waals surface area contributed by atoms with E-state index in [0.29, 0.717) is 0 Å². The fraction of sp³-hybridized carbons (Fsp3) is 0.455. The van der Waals surface area contributed by atoms with E-state index in [4.69, 9.17) is 5.73 Å². The molecule has 0 saturated carbocycles. The van der Waals surface area contributed by atoms with Crippen LogP contribution in [0.2, 0.25) is 0 Å². The van der Waals surface area contributed by atoms with Crippen LogP contribution in [0.1, 0.15) is 32.3 Å². The van der Waals surface area contributed by atoms with Crippen LogP contribution < -0.4 is 5.73 Å². The average molecular weight is 325 g/mol. The Labute approximate surface area is 147 Å². The van der Waals surface area contributed by atoms with Gasteiger partial charge in [0.25, 0.3) is 0 Å². The molecule has 0 unspecified atom stereocenters. The van der Waals surface area contributed by atoms with Gasteiger partial charge in [-0.2, -0.15) is 0 Å². The monoisotopic (exact) mass is 324 g/mol. The van der Waals surface area contributed by atoms with Gasteiger partial charge in [0, 0.05) is 12.2 Å². The molecule has 3 aliphatic heterocycles. The smallest absolute Gasteiger partial charge is 0.0313 e. The van der Waals surface area contributed by atoms with Crippen molar-refractivity contribution >= 4 is 5.69 Å². The number of hydrogen-bond donors (Lipinski definition) is 1. The number of hydrogen-bond acceptors (Lipinski definition) is 2. The number of rotatable bonds is 2. The molecule has 2 heteroatoms. The molecule has 2 aromatic carbocycles. The van der Waals surface area contributed by atoms with Gasteiger partial charge in [-0.3, -0.25) is 0 Å². The zero-order chi connectivity index (χ0) is 17.2. The maximum atomic E-state index is 5.36. The van der Waals surface area contributed by atoms with Gasteiger partial charge in [0.05, 0.1) is 0 Å². The van der Waals surface area contributed by atoms with Crippen molar-refractivity contribution in [1.82, 2.24) is 4.90 Å². The molecule has 130 valence electrons. The summed E-state index contributed by atoms with van der Waals surface area (Å²) in [6.45, 7) is 8.06. The van der Waals surface area contributed by atoms with E-state index < -0.39 is 0 Å². The van der Waals surface area contributed by atoms with Crippen LogP contribution in [0, 0.1) is 11.8 Å². The lowest BCUT2D eigenvalue weighted by molar-refractivity contribution is 0.0512. The zero-order valence-electron chi connectivity index (χ0n) is 15.2. The zero-order valence-corrected chi connectivity index (χ0v) is 15.2. The number of nitrogens with two attached hydrogens (primary N) is 1. The number of fused-ring (bicyclic) bond motifs is 3. The van der Waals surface area contributed by atoms with E-state index in [-0.39, 0.29) is 0 Å². The van der Waals surface area contributed by atoms with Crippen LogP contribution in [0.25, 0.3) is 0 Å². The summed E-state index contributed by atoms with van der Waals surface area (Å²) in [5.74, 6) is 1.94. The molecule has 1 atom stereocenters. The van der Waals surface area contributed by atoms with Crippen LogP contribution in [-0.2, 0) is 6.42 Å². The van der Waals surface area contributed by atoms with Gasteiger partial charge in [0.2, 0.25) is 0 Å². The van der Waals surface area contributed by atoms with Crippen molar-refractivity contribution in [1.29, 1.82) is 0 Å². The maximum absolute atomic E-state index is 5.36. The molecular formula is C22H32N2. The van der Waals surface area contributed by atoms with E-state index in [9.17, 15) is 0 Å². The van der Waals surface area contributed by atoms with Gasteiger partial charge in [-0.15, -0.1) is 0 Å². The van der Waals surface area contributed by atoms with Crippen LogP contribution in [0.5, 0.6) is 0 Å². The normalized spacial score (nSPS) is 24.2. The van der Waals surface area contributed by atoms with Crippen LogP contribution in [0.3, 0.4) is 0 Å². The third kappa shape index (κ3) is 5.68. The summed E-state index contributed by atoms with van der Waals surface area (Å²) in [6.07, 6.45) is 4.18. The minimum atomic E-state index is 0.822. The van der Waals surface area contributed by atoms with Gasteiger partial charge in [-0.25, -0.2) is 0 Å². The van der Waals surface area contributed by atoms with Crippen molar-refractivity contribution < 1.29 is 0 Å². The van der Waals surface area contributed by atoms with E-state index >= 15 is 0 Å². The number of nitrogen functional groups attached to an aromatic ring is 1. The number of nitrogens with zero attached hydrogens (tertiary/aromatic N) is 1. The summed E-state index contributed by atoms with van der Waals surface area (Å²) in [5.41, 5.74) is 7.70. The molecule has 0 aromatic heterocycles. The van der Waals surface area contributed by atoms with Gasteiger partial charge in [0.15, 0.2) is 0 Å². The predicted octanol–water partition coefficient (Wildman–Crippen LogP) is 4.87. The Morgan fingerprint density at radius 2 is 1.42 bits per heavy atom. The van der Waals surface area contributed by atoms with E-state index in [2.05, 4.69) is 35.2 Å². The van der Waals surface area contributed by atoms with Crippen molar-refractivity contribution in [3.8, 4) is 0 Å². The third-order valence-corrected chi connectivity index (χ3v) is 4.93. The molecule has 0 radical (unpaired) electrons.